The number of hydrogen-bond donors (Lipinski definition) is 1. The van der Waals surface area contributed by atoms with E-state index in [4.69, 9.17) is 0 Å². The van der Waals surface area contributed by atoms with E-state index in [1.165, 1.54) is 6.92 Å². The Hall–Kier alpha value is -3.99. The third-order valence-electron chi connectivity index (χ3n) is 7.68. The molecule has 0 spiro atoms. The molecular weight excluding hydrogens is 562 g/mol. The number of aryl methyl sites for hydroxylation is 1. The molecule has 11 heteroatoms. The minimum atomic E-state index is -0.607. The molecule has 4 heterocycles. The van der Waals surface area contributed by atoms with Crippen LogP contribution in [0.15, 0.2) is 53.4 Å². The summed E-state index contributed by atoms with van der Waals surface area (Å²) in [4.78, 5) is 54.0. The van der Waals surface area contributed by atoms with Gasteiger partial charge in [-0.2, -0.15) is 5.10 Å². The number of aromatic nitrogens is 5. The first-order valence-electron chi connectivity index (χ1n) is 12.7. The van der Waals surface area contributed by atoms with Gasteiger partial charge in [-0.1, -0.05) is 19.1 Å². The molecule has 1 saturated heterocycles. The fourth-order valence-corrected chi connectivity index (χ4v) is 5.88. The molecule has 1 unspecified atom stereocenters. The van der Waals surface area contributed by atoms with Crippen molar-refractivity contribution < 1.29 is 14.4 Å². The number of likely N-dealkylation sites (tertiary alicyclic amines) is 1. The van der Waals surface area contributed by atoms with Gasteiger partial charge in [-0.25, -0.2) is 15.0 Å². The van der Waals surface area contributed by atoms with Crippen molar-refractivity contribution in [1.29, 1.82) is 0 Å². The van der Waals surface area contributed by atoms with E-state index in [9.17, 15) is 14.4 Å². The van der Waals surface area contributed by atoms with Crippen LogP contribution < -0.4 is 5.32 Å². The number of hydrogen-bond acceptors (Lipinski definition) is 7. The second kappa shape index (κ2) is 9.33. The topological polar surface area (TPSA) is 123 Å². The molecule has 198 valence electrons. The maximum atomic E-state index is 13.7. The zero-order chi connectivity index (χ0) is 27.5. The van der Waals surface area contributed by atoms with Crippen LogP contribution >= 0.6 is 15.9 Å². The number of benzene rings is 1. The molecule has 0 radical (unpaired) electrons. The molecule has 3 atom stereocenters. The van der Waals surface area contributed by atoms with Crippen LogP contribution in [0.25, 0.3) is 22.0 Å². The molecule has 4 aromatic rings. The predicted molar refractivity (Wildman–Crippen MR) is 148 cm³/mol. The molecule has 1 N–H and O–H groups in total. The van der Waals surface area contributed by atoms with Crippen LogP contribution in [0.1, 0.15) is 43.0 Å². The molecule has 6 rings (SSSR count). The van der Waals surface area contributed by atoms with Crippen molar-refractivity contribution in [3.05, 3.63) is 64.9 Å². The average molecular weight is 588 g/mol. The Balaban J connectivity index is 1.29. The van der Waals surface area contributed by atoms with E-state index < -0.39 is 6.04 Å². The van der Waals surface area contributed by atoms with E-state index in [1.807, 2.05) is 25.1 Å². The number of amides is 2. The van der Waals surface area contributed by atoms with Crippen molar-refractivity contribution in [1.82, 2.24) is 29.6 Å². The highest BCUT2D eigenvalue weighted by atomic mass is 79.9. The predicted octanol–water partition coefficient (Wildman–Crippen LogP) is 4.18. The molecule has 3 aromatic heterocycles. The molecule has 1 aliphatic heterocycles. The Kier molecular flexibility index (Phi) is 6.05. The molecule has 1 aromatic carbocycles. The molecule has 1 saturated carbocycles. The molecule has 2 fully saturated rings. The van der Waals surface area contributed by atoms with Gasteiger partial charge in [0.1, 0.15) is 34.5 Å². The van der Waals surface area contributed by atoms with Crippen molar-refractivity contribution in [2.45, 2.75) is 52.2 Å². The summed E-state index contributed by atoms with van der Waals surface area (Å²) in [6.07, 6.45) is 4.92. The van der Waals surface area contributed by atoms with E-state index in [-0.39, 0.29) is 35.6 Å². The van der Waals surface area contributed by atoms with Gasteiger partial charge < -0.3 is 10.2 Å². The summed E-state index contributed by atoms with van der Waals surface area (Å²) in [6.45, 7) is 5.30. The summed E-state index contributed by atoms with van der Waals surface area (Å²) >= 11 is 3.32. The van der Waals surface area contributed by atoms with Gasteiger partial charge in [0.2, 0.25) is 11.8 Å². The molecule has 2 aliphatic rings. The van der Waals surface area contributed by atoms with Crippen molar-refractivity contribution >= 4 is 50.2 Å². The Morgan fingerprint density at radius 3 is 2.59 bits per heavy atom. The van der Waals surface area contributed by atoms with Gasteiger partial charge in [-0.15, -0.1) is 0 Å². The lowest BCUT2D eigenvalue weighted by Gasteiger charge is -2.26. The zero-order valence-electron chi connectivity index (χ0n) is 21.7. The smallest absolute Gasteiger partial charge is 0.248 e. The minimum Gasteiger partial charge on any atom is -0.325 e. The summed E-state index contributed by atoms with van der Waals surface area (Å²) < 4.78 is 2.17. The first-order chi connectivity index (χ1) is 18.6. The summed E-state index contributed by atoms with van der Waals surface area (Å²) in [6, 6.07) is 10.3. The highest BCUT2D eigenvalue weighted by Gasteiger charge is 2.64. The number of carbonyl (C=O) groups excluding carboxylic acids is 3. The van der Waals surface area contributed by atoms with Crippen molar-refractivity contribution in [3.63, 3.8) is 0 Å². The number of carbonyl (C=O) groups is 3. The highest BCUT2D eigenvalue weighted by Crippen LogP contribution is 2.59. The van der Waals surface area contributed by atoms with Crippen LogP contribution in [-0.2, 0) is 16.1 Å². The lowest BCUT2D eigenvalue weighted by molar-refractivity contribution is -0.138. The second-order valence-electron chi connectivity index (χ2n) is 10.5. The number of nitrogens with one attached hydrogen (secondary N) is 1. The molecule has 39 heavy (non-hydrogen) atoms. The fourth-order valence-electron chi connectivity index (χ4n) is 5.54. The van der Waals surface area contributed by atoms with Crippen LogP contribution in [0.5, 0.6) is 0 Å². The first kappa shape index (κ1) is 25.3. The van der Waals surface area contributed by atoms with E-state index in [0.29, 0.717) is 39.3 Å². The second-order valence-corrected chi connectivity index (χ2v) is 11.4. The van der Waals surface area contributed by atoms with Crippen LogP contribution in [0.3, 0.4) is 0 Å². The lowest BCUT2D eigenvalue weighted by Crippen LogP contribution is -2.46. The number of pyridine rings is 1. The molecule has 0 bridgehead atoms. The van der Waals surface area contributed by atoms with Gasteiger partial charge in [0.15, 0.2) is 5.78 Å². The van der Waals surface area contributed by atoms with Crippen molar-refractivity contribution in [2.24, 2.45) is 5.41 Å². The Morgan fingerprint density at radius 2 is 1.87 bits per heavy atom. The maximum absolute atomic E-state index is 13.7. The third kappa shape index (κ3) is 4.60. The zero-order valence-corrected chi connectivity index (χ0v) is 23.3. The largest absolute Gasteiger partial charge is 0.325 e. The number of Topliss-reactive ketones (excluding diaryl/α,β-unsaturated/α-hetero) is 1. The van der Waals surface area contributed by atoms with Gasteiger partial charge in [-0.3, -0.25) is 19.1 Å². The third-order valence-corrected chi connectivity index (χ3v) is 8.12. The summed E-state index contributed by atoms with van der Waals surface area (Å²) in [5.74, 6) is 0.426. The lowest BCUT2D eigenvalue weighted by atomic mass is 10.0. The average Bonchev–Trinajstić information content (AvgIpc) is 3.26. The van der Waals surface area contributed by atoms with E-state index in [2.05, 4.69) is 48.2 Å². The van der Waals surface area contributed by atoms with Gasteiger partial charge in [0, 0.05) is 36.3 Å². The molecular formula is C28H26BrN7O3. The maximum Gasteiger partial charge on any atom is 0.248 e. The van der Waals surface area contributed by atoms with E-state index in [1.54, 1.807) is 40.2 Å². The van der Waals surface area contributed by atoms with Crippen LogP contribution in [0.2, 0.25) is 0 Å². The van der Waals surface area contributed by atoms with Crippen LogP contribution in [0, 0.1) is 12.3 Å². The van der Waals surface area contributed by atoms with Gasteiger partial charge in [0.25, 0.3) is 0 Å². The van der Waals surface area contributed by atoms with Crippen LogP contribution in [0.4, 0.5) is 5.82 Å². The number of halogens is 1. The Labute approximate surface area is 233 Å². The standard InChI is InChI=1S/C28H26BrN7O3/c1-15(37)26-19-9-17(18-12-30-16(2)31-13-18)7-8-20(19)35(34-26)14-25(38)36-21(10-28(3)11-22(28)36)27(39)33-24-6-4-5-23(29)32-24/h4-9,12-13,21-22H,10-11,14H2,1-3H3,(H,32,33,39)/t21-,22+,28?/m0/s1. The molecule has 2 amide bonds. The number of anilines is 1. The normalized spacial score (nSPS) is 21.6. The molecule has 1 aliphatic carbocycles. The number of nitrogens with zero attached hydrogens (tertiary/aromatic N) is 6. The van der Waals surface area contributed by atoms with Gasteiger partial charge in [-0.05, 0) is 70.9 Å². The monoisotopic (exact) mass is 587 g/mol. The van der Waals surface area contributed by atoms with E-state index in [0.717, 1.165) is 17.5 Å². The first-order valence-corrected chi connectivity index (χ1v) is 13.5. The Bertz CT molecular complexity index is 1650. The number of rotatable bonds is 6. The van der Waals surface area contributed by atoms with E-state index >= 15 is 0 Å². The fraction of sp³-hybridized carbons (Fsp3) is 0.321. The number of fused-ring (bicyclic) bond motifs is 2. The number of piperidine rings is 1. The van der Waals surface area contributed by atoms with Gasteiger partial charge >= 0.3 is 0 Å². The van der Waals surface area contributed by atoms with Gasteiger partial charge in [0.05, 0.1) is 5.52 Å². The quantitative estimate of drug-likeness (QED) is 0.265. The molecule has 10 nitrogen and oxygen atoms in total. The highest BCUT2D eigenvalue weighted by molar-refractivity contribution is 9.10. The Morgan fingerprint density at radius 1 is 1.10 bits per heavy atom. The SMILES string of the molecule is CC(=O)c1nn(CC(=O)N2[C@H](C(=O)Nc3cccc(Br)n3)CC3(C)C[C@@H]23)c2ccc(-c3cnc(C)nc3)cc12. The van der Waals surface area contributed by atoms with Crippen LogP contribution in [-0.4, -0.2) is 59.3 Å². The summed E-state index contributed by atoms with van der Waals surface area (Å²) in [5, 5.41) is 8.03. The summed E-state index contributed by atoms with van der Waals surface area (Å²) in [5.41, 5.74) is 2.55. The minimum absolute atomic E-state index is 0.00142. The number of ketones is 1. The van der Waals surface area contributed by atoms with Crippen molar-refractivity contribution in [2.75, 3.05) is 5.32 Å². The van der Waals surface area contributed by atoms with Crippen molar-refractivity contribution in [3.8, 4) is 11.1 Å². The summed E-state index contributed by atoms with van der Waals surface area (Å²) in [7, 11) is 0.